The number of aliphatic hydroxyl groups is 1. The predicted octanol–water partition coefficient (Wildman–Crippen LogP) is 3.40. The second-order valence-electron chi connectivity index (χ2n) is 6.40. The third kappa shape index (κ3) is 4.70. The predicted molar refractivity (Wildman–Crippen MR) is 111 cm³/mol. The molecule has 0 saturated heterocycles. The van der Waals surface area contributed by atoms with Crippen molar-refractivity contribution in [2.45, 2.75) is 24.8 Å². The van der Waals surface area contributed by atoms with E-state index in [0.29, 0.717) is 10.9 Å². The van der Waals surface area contributed by atoms with Crippen molar-refractivity contribution in [3.05, 3.63) is 71.2 Å². The standard InChI is InChI=1S/C20H22N2O4S2/c1-15-8-9-16(2)19(12-15)26-14-17(23)13-22(20-21-10-11-27-20)28(24,25)18-6-4-3-5-7-18/h3-12,17,23H,13-14H2,1-2H3. The van der Waals surface area contributed by atoms with Crippen molar-refractivity contribution in [2.24, 2.45) is 0 Å². The highest BCUT2D eigenvalue weighted by atomic mass is 32.2. The molecule has 0 aliphatic carbocycles. The summed E-state index contributed by atoms with van der Waals surface area (Å²) >= 11 is 1.20. The Bertz CT molecular complexity index is 1010. The maximum atomic E-state index is 13.1. The fraction of sp³-hybridized carbons (Fsp3) is 0.250. The number of thiazole rings is 1. The van der Waals surface area contributed by atoms with Crippen molar-refractivity contribution >= 4 is 26.5 Å². The van der Waals surface area contributed by atoms with Crippen molar-refractivity contribution in [3.63, 3.8) is 0 Å². The van der Waals surface area contributed by atoms with E-state index >= 15 is 0 Å². The van der Waals surface area contributed by atoms with E-state index in [1.807, 2.05) is 32.0 Å². The van der Waals surface area contributed by atoms with Crippen LogP contribution in [-0.4, -0.2) is 37.8 Å². The molecule has 0 aliphatic rings. The number of ether oxygens (including phenoxy) is 1. The van der Waals surface area contributed by atoms with Crippen LogP contribution in [-0.2, 0) is 10.0 Å². The molecular weight excluding hydrogens is 396 g/mol. The van der Waals surface area contributed by atoms with E-state index in [9.17, 15) is 13.5 Å². The van der Waals surface area contributed by atoms with Gasteiger partial charge in [0.25, 0.3) is 10.0 Å². The summed E-state index contributed by atoms with van der Waals surface area (Å²) in [6.45, 7) is 3.69. The lowest BCUT2D eigenvalue weighted by atomic mass is 10.1. The molecule has 1 N–H and O–H groups in total. The van der Waals surface area contributed by atoms with E-state index < -0.39 is 16.1 Å². The van der Waals surface area contributed by atoms with Crippen LogP contribution in [0.25, 0.3) is 0 Å². The first kappa shape index (κ1) is 20.3. The third-order valence-corrected chi connectivity index (χ3v) is 6.80. The van der Waals surface area contributed by atoms with Gasteiger partial charge in [0.05, 0.1) is 11.4 Å². The fourth-order valence-electron chi connectivity index (χ4n) is 2.63. The summed E-state index contributed by atoms with van der Waals surface area (Å²) in [6.07, 6.45) is 0.509. The van der Waals surface area contributed by atoms with Crippen LogP contribution in [0.3, 0.4) is 0 Å². The summed E-state index contributed by atoms with van der Waals surface area (Å²) in [5.74, 6) is 0.672. The average molecular weight is 419 g/mol. The van der Waals surface area contributed by atoms with Crippen LogP contribution >= 0.6 is 11.3 Å². The number of nitrogens with zero attached hydrogens (tertiary/aromatic N) is 2. The zero-order chi connectivity index (χ0) is 20.1. The Balaban J connectivity index is 1.78. The van der Waals surface area contributed by atoms with Gasteiger partial charge in [-0.05, 0) is 43.2 Å². The molecule has 1 unspecified atom stereocenters. The third-order valence-electron chi connectivity index (χ3n) is 4.12. The largest absolute Gasteiger partial charge is 0.491 e. The Morgan fingerprint density at radius 1 is 1.18 bits per heavy atom. The van der Waals surface area contributed by atoms with Crippen LogP contribution < -0.4 is 9.04 Å². The van der Waals surface area contributed by atoms with Gasteiger partial charge in [0, 0.05) is 11.6 Å². The number of hydrogen-bond acceptors (Lipinski definition) is 6. The second kappa shape index (κ2) is 8.72. The Kier molecular flexibility index (Phi) is 6.33. The first-order valence-corrected chi connectivity index (χ1v) is 11.1. The molecule has 0 amide bonds. The van der Waals surface area contributed by atoms with Crippen LogP contribution in [0.4, 0.5) is 5.13 Å². The molecular formula is C20H22N2O4S2. The van der Waals surface area contributed by atoms with Crippen LogP contribution in [0.15, 0.2) is 65.0 Å². The lowest BCUT2D eigenvalue weighted by molar-refractivity contribution is 0.114. The summed E-state index contributed by atoms with van der Waals surface area (Å²) in [7, 11) is -3.85. The Morgan fingerprint density at radius 3 is 2.61 bits per heavy atom. The van der Waals surface area contributed by atoms with Crippen molar-refractivity contribution in [1.82, 2.24) is 4.98 Å². The van der Waals surface area contributed by atoms with E-state index in [0.717, 1.165) is 15.4 Å². The molecule has 3 rings (SSSR count). The van der Waals surface area contributed by atoms with Gasteiger partial charge in [-0.2, -0.15) is 0 Å². The van der Waals surface area contributed by atoms with Crippen molar-refractivity contribution < 1.29 is 18.3 Å². The number of sulfonamides is 1. The molecule has 1 heterocycles. The highest BCUT2D eigenvalue weighted by Gasteiger charge is 2.29. The minimum absolute atomic E-state index is 0.0313. The Morgan fingerprint density at radius 2 is 1.93 bits per heavy atom. The summed E-state index contributed by atoms with van der Waals surface area (Å²) in [4.78, 5) is 4.26. The quantitative estimate of drug-likeness (QED) is 0.607. The highest BCUT2D eigenvalue weighted by molar-refractivity contribution is 7.93. The topological polar surface area (TPSA) is 79.7 Å². The number of rotatable bonds is 8. The Hall–Kier alpha value is -2.42. The van der Waals surface area contributed by atoms with Gasteiger partial charge >= 0.3 is 0 Å². The number of anilines is 1. The normalized spacial score (nSPS) is 12.5. The van der Waals surface area contributed by atoms with Gasteiger partial charge in [-0.1, -0.05) is 30.3 Å². The summed E-state index contributed by atoms with van der Waals surface area (Å²) in [5.41, 5.74) is 2.00. The van der Waals surface area contributed by atoms with Gasteiger partial charge in [-0.25, -0.2) is 17.7 Å². The molecule has 1 aromatic heterocycles. The second-order valence-corrected chi connectivity index (χ2v) is 9.13. The summed E-state index contributed by atoms with van der Waals surface area (Å²) in [6, 6.07) is 13.9. The molecule has 3 aromatic rings. The monoisotopic (exact) mass is 418 g/mol. The van der Waals surface area contributed by atoms with Gasteiger partial charge in [-0.15, -0.1) is 11.3 Å². The molecule has 6 nitrogen and oxygen atoms in total. The fourth-order valence-corrected chi connectivity index (χ4v) is 4.99. The van der Waals surface area contributed by atoms with Gasteiger partial charge in [0.2, 0.25) is 0 Å². The van der Waals surface area contributed by atoms with E-state index in [-0.39, 0.29) is 18.0 Å². The van der Waals surface area contributed by atoms with Crippen LogP contribution in [0.2, 0.25) is 0 Å². The minimum atomic E-state index is -3.85. The molecule has 0 spiro atoms. The number of aromatic nitrogens is 1. The SMILES string of the molecule is Cc1ccc(C)c(OCC(O)CN(c2nccs2)S(=O)(=O)c2ccccc2)c1. The maximum Gasteiger partial charge on any atom is 0.266 e. The number of aliphatic hydroxyl groups excluding tert-OH is 1. The van der Waals surface area contributed by atoms with Gasteiger partial charge < -0.3 is 9.84 Å². The number of benzene rings is 2. The minimum Gasteiger partial charge on any atom is -0.491 e. The molecule has 0 bridgehead atoms. The van der Waals surface area contributed by atoms with Gasteiger partial charge in [-0.3, -0.25) is 0 Å². The van der Waals surface area contributed by atoms with Crippen LogP contribution in [0, 0.1) is 13.8 Å². The lowest BCUT2D eigenvalue weighted by Gasteiger charge is -2.24. The van der Waals surface area contributed by atoms with Crippen LogP contribution in [0.1, 0.15) is 11.1 Å². The Labute approximate surface area is 169 Å². The molecule has 0 saturated carbocycles. The van der Waals surface area contributed by atoms with Crippen molar-refractivity contribution in [2.75, 3.05) is 17.5 Å². The van der Waals surface area contributed by atoms with E-state index in [1.54, 1.807) is 23.6 Å². The molecule has 2 aromatic carbocycles. The molecule has 1 atom stereocenters. The van der Waals surface area contributed by atoms with E-state index in [2.05, 4.69) is 4.98 Å². The number of aryl methyl sites for hydroxylation is 2. The van der Waals surface area contributed by atoms with Gasteiger partial charge in [0.1, 0.15) is 18.5 Å². The molecule has 28 heavy (non-hydrogen) atoms. The first-order chi connectivity index (χ1) is 13.4. The summed E-state index contributed by atoms with van der Waals surface area (Å²) in [5, 5.41) is 12.5. The molecule has 0 fully saturated rings. The molecule has 148 valence electrons. The smallest absolute Gasteiger partial charge is 0.266 e. The van der Waals surface area contributed by atoms with Crippen molar-refractivity contribution in [3.8, 4) is 5.75 Å². The zero-order valence-electron chi connectivity index (χ0n) is 15.6. The molecule has 0 aliphatic heterocycles. The molecule has 0 radical (unpaired) electrons. The number of hydrogen-bond donors (Lipinski definition) is 1. The zero-order valence-corrected chi connectivity index (χ0v) is 17.3. The first-order valence-electron chi connectivity index (χ1n) is 8.73. The van der Waals surface area contributed by atoms with E-state index in [4.69, 9.17) is 4.74 Å². The highest BCUT2D eigenvalue weighted by Crippen LogP contribution is 2.26. The van der Waals surface area contributed by atoms with E-state index in [1.165, 1.54) is 29.7 Å². The van der Waals surface area contributed by atoms with Crippen molar-refractivity contribution in [1.29, 1.82) is 0 Å². The maximum absolute atomic E-state index is 13.1. The molecule has 8 heteroatoms. The summed E-state index contributed by atoms with van der Waals surface area (Å²) < 4.78 is 33.0. The van der Waals surface area contributed by atoms with Gasteiger partial charge in [0.15, 0.2) is 5.13 Å². The van der Waals surface area contributed by atoms with Crippen LogP contribution in [0.5, 0.6) is 5.75 Å². The lowest BCUT2D eigenvalue weighted by Crippen LogP contribution is -2.39. The average Bonchev–Trinajstić information content (AvgIpc) is 3.21.